The largest absolute Gasteiger partial charge is 0.416 e. The Balaban J connectivity index is 1.19. The summed E-state index contributed by atoms with van der Waals surface area (Å²) in [6, 6.07) is 13.4. The van der Waals surface area contributed by atoms with Gasteiger partial charge in [0.2, 0.25) is 5.91 Å². The van der Waals surface area contributed by atoms with Crippen LogP contribution >= 0.6 is 0 Å². The van der Waals surface area contributed by atoms with Crippen LogP contribution in [0, 0.1) is 11.3 Å². The molecule has 10 heteroatoms. The second kappa shape index (κ2) is 10.3. The fraction of sp³-hybridized carbons (Fsp3) is 0.423. The number of hydrogen-bond acceptors (Lipinski definition) is 5. The number of nitrogens with zero attached hydrogens (tertiary/aromatic N) is 2. The first kappa shape index (κ1) is 25.7. The second-order valence-corrected chi connectivity index (χ2v) is 9.43. The van der Waals surface area contributed by atoms with Crippen molar-refractivity contribution in [3.05, 3.63) is 70.8 Å². The molecule has 36 heavy (non-hydrogen) atoms. The first-order valence-corrected chi connectivity index (χ1v) is 11.8. The Labute approximate surface area is 206 Å². The molecule has 3 N–H and O–H groups in total. The molecule has 2 fully saturated rings. The number of likely N-dealkylation sites (tertiary alicyclic amines) is 1. The highest BCUT2D eigenvalue weighted by Gasteiger charge is 2.40. The van der Waals surface area contributed by atoms with Gasteiger partial charge in [-0.1, -0.05) is 18.2 Å². The summed E-state index contributed by atoms with van der Waals surface area (Å²) in [7, 11) is 0. The molecule has 2 aromatic rings. The Bertz CT molecular complexity index is 1160. The van der Waals surface area contributed by atoms with Gasteiger partial charge in [-0.15, -0.1) is 0 Å². The van der Waals surface area contributed by atoms with E-state index in [1.807, 2.05) is 6.07 Å². The standard InChI is InChI=1S/C26H27F3N4O3/c27-26(28,29)20-6-2-4-18(12-20)24(35)31-14-23(34)32-21-15-33(16-21)22-7-9-25(36,10-8-22)19-5-1-3-17(11-19)13-30/h1-6,11-12,21-22,36H,7-10,14-16H2,(H,31,35)(H,32,34)/t22-,25-. The van der Waals surface area contributed by atoms with Gasteiger partial charge in [-0.2, -0.15) is 18.4 Å². The van der Waals surface area contributed by atoms with Gasteiger partial charge in [0.1, 0.15) is 0 Å². The average Bonchev–Trinajstić information content (AvgIpc) is 2.85. The zero-order chi connectivity index (χ0) is 25.9. The van der Waals surface area contributed by atoms with E-state index in [0.29, 0.717) is 31.5 Å². The number of nitrogens with one attached hydrogen (secondary N) is 2. The van der Waals surface area contributed by atoms with Crippen molar-refractivity contribution < 1.29 is 27.9 Å². The van der Waals surface area contributed by atoms with Gasteiger partial charge in [0, 0.05) is 24.7 Å². The van der Waals surface area contributed by atoms with Crippen molar-refractivity contribution in [2.45, 2.75) is 49.5 Å². The van der Waals surface area contributed by atoms with Crippen molar-refractivity contribution in [2.24, 2.45) is 0 Å². The number of aliphatic hydroxyl groups is 1. The topological polar surface area (TPSA) is 105 Å². The summed E-state index contributed by atoms with van der Waals surface area (Å²) < 4.78 is 38.5. The van der Waals surface area contributed by atoms with E-state index in [0.717, 1.165) is 36.6 Å². The average molecular weight is 501 g/mol. The van der Waals surface area contributed by atoms with Crippen LogP contribution in [0.15, 0.2) is 48.5 Å². The molecular formula is C26H27F3N4O3. The van der Waals surface area contributed by atoms with Crippen LogP contribution in [0.3, 0.4) is 0 Å². The third-order valence-corrected chi connectivity index (χ3v) is 6.96. The number of amides is 2. The highest BCUT2D eigenvalue weighted by molar-refractivity contribution is 5.96. The number of rotatable bonds is 6. The summed E-state index contributed by atoms with van der Waals surface area (Å²) >= 11 is 0. The quantitative estimate of drug-likeness (QED) is 0.566. The van der Waals surface area contributed by atoms with Crippen molar-refractivity contribution in [1.82, 2.24) is 15.5 Å². The second-order valence-electron chi connectivity index (χ2n) is 9.43. The van der Waals surface area contributed by atoms with Crippen molar-refractivity contribution in [2.75, 3.05) is 19.6 Å². The molecule has 2 amide bonds. The minimum atomic E-state index is -4.55. The van der Waals surface area contributed by atoms with Crippen LogP contribution in [0.4, 0.5) is 13.2 Å². The lowest BCUT2D eigenvalue weighted by molar-refractivity contribution is -0.137. The normalized spacial score (nSPS) is 22.8. The number of hydrogen-bond donors (Lipinski definition) is 3. The molecule has 0 unspecified atom stereocenters. The Morgan fingerprint density at radius 3 is 2.47 bits per heavy atom. The lowest BCUT2D eigenvalue weighted by Gasteiger charge is -2.48. The van der Waals surface area contributed by atoms with E-state index < -0.39 is 29.2 Å². The number of nitriles is 1. The van der Waals surface area contributed by atoms with E-state index in [9.17, 15) is 27.9 Å². The maximum Gasteiger partial charge on any atom is 0.416 e. The van der Waals surface area contributed by atoms with Crippen molar-refractivity contribution in [3.8, 4) is 6.07 Å². The maximum atomic E-state index is 12.8. The van der Waals surface area contributed by atoms with Crippen LogP contribution in [0.1, 0.15) is 52.7 Å². The van der Waals surface area contributed by atoms with E-state index in [1.165, 1.54) is 6.07 Å². The lowest BCUT2D eigenvalue weighted by Crippen LogP contribution is -2.63. The van der Waals surface area contributed by atoms with Crippen LogP contribution in [0.2, 0.25) is 0 Å². The van der Waals surface area contributed by atoms with Gasteiger partial charge < -0.3 is 15.7 Å². The first-order chi connectivity index (χ1) is 17.1. The maximum absolute atomic E-state index is 12.8. The molecule has 0 radical (unpaired) electrons. The summed E-state index contributed by atoms with van der Waals surface area (Å²) in [5.74, 6) is -1.16. The van der Waals surface area contributed by atoms with Crippen LogP contribution in [0.25, 0.3) is 0 Å². The third-order valence-electron chi connectivity index (χ3n) is 6.96. The minimum Gasteiger partial charge on any atom is -0.385 e. The van der Waals surface area contributed by atoms with Crippen LogP contribution in [0.5, 0.6) is 0 Å². The van der Waals surface area contributed by atoms with E-state index in [4.69, 9.17) is 5.26 Å². The Kier molecular flexibility index (Phi) is 7.33. The Morgan fingerprint density at radius 1 is 1.11 bits per heavy atom. The van der Waals surface area contributed by atoms with Gasteiger partial charge in [0.25, 0.3) is 5.91 Å². The van der Waals surface area contributed by atoms with Gasteiger partial charge in [-0.25, -0.2) is 0 Å². The molecule has 1 saturated heterocycles. The third kappa shape index (κ3) is 5.86. The summed E-state index contributed by atoms with van der Waals surface area (Å²) in [6.07, 6.45) is -1.80. The fourth-order valence-corrected chi connectivity index (χ4v) is 4.89. The fourth-order valence-electron chi connectivity index (χ4n) is 4.89. The van der Waals surface area contributed by atoms with E-state index in [2.05, 4.69) is 21.6 Å². The van der Waals surface area contributed by atoms with Gasteiger partial charge in [0.05, 0.1) is 35.4 Å². The molecular weight excluding hydrogens is 473 g/mol. The van der Waals surface area contributed by atoms with Crippen molar-refractivity contribution in [1.29, 1.82) is 5.26 Å². The molecule has 2 aliphatic rings. The van der Waals surface area contributed by atoms with Gasteiger partial charge in [0.15, 0.2) is 0 Å². The number of carbonyl (C=O) groups excluding carboxylic acids is 2. The molecule has 1 aliphatic heterocycles. The van der Waals surface area contributed by atoms with Gasteiger partial charge >= 0.3 is 6.18 Å². The zero-order valence-electron chi connectivity index (χ0n) is 19.5. The molecule has 1 aliphatic carbocycles. The van der Waals surface area contributed by atoms with Crippen LogP contribution in [-0.4, -0.2) is 53.5 Å². The number of halogens is 3. The highest BCUT2D eigenvalue weighted by atomic mass is 19.4. The first-order valence-electron chi connectivity index (χ1n) is 11.8. The molecule has 0 aromatic heterocycles. The smallest absolute Gasteiger partial charge is 0.385 e. The van der Waals surface area contributed by atoms with Gasteiger partial charge in [-0.3, -0.25) is 14.5 Å². The van der Waals surface area contributed by atoms with Crippen LogP contribution in [-0.2, 0) is 16.6 Å². The van der Waals surface area contributed by atoms with Crippen LogP contribution < -0.4 is 10.6 Å². The number of alkyl halides is 3. The summed E-state index contributed by atoms with van der Waals surface area (Å²) in [5.41, 5.74) is -0.744. The molecule has 2 aromatic carbocycles. The van der Waals surface area contributed by atoms with Crippen molar-refractivity contribution >= 4 is 11.8 Å². The van der Waals surface area contributed by atoms with Gasteiger partial charge in [-0.05, 0) is 61.6 Å². The molecule has 4 rings (SSSR count). The Morgan fingerprint density at radius 2 is 1.81 bits per heavy atom. The number of carbonyl (C=O) groups is 2. The summed E-state index contributed by atoms with van der Waals surface area (Å²) in [4.78, 5) is 26.6. The molecule has 0 atom stereocenters. The molecule has 1 saturated carbocycles. The molecule has 190 valence electrons. The van der Waals surface area contributed by atoms with E-state index >= 15 is 0 Å². The summed E-state index contributed by atoms with van der Waals surface area (Å²) in [5, 5.41) is 25.4. The van der Waals surface area contributed by atoms with Crippen molar-refractivity contribution in [3.63, 3.8) is 0 Å². The van der Waals surface area contributed by atoms with E-state index in [-0.39, 0.29) is 24.2 Å². The molecule has 0 spiro atoms. The van der Waals surface area contributed by atoms with E-state index in [1.54, 1.807) is 18.2 Å². The SMILES string of the molecule is N#Cc1cccc([C@]2(O)CC[C@H](N3CC(NC(=O)CNC(=O)c4cccc(C(F)(F)F)c4)C3)CC2)c1. The monoisotopic (exact) mass is 500 g/mol. The Hall–Kier alpha value is -3.42. The number of benzene rings is 2. The predicted octanol–water partition coefficient (Wildman–Crippen LogP) is 2.94. The predicted molar refractivity (Wildman–Crippen MR) is 125 cm³/mol. The molecule has 7 nitrogen and oxygen atoms in total. The zero-order valence-corrected chi connectivity index (χ0v) is 19.5. The molecule has 0 bridgehead atoms. The highest BCUT2D eigenvalue weighted by Crippen LogP contribution is 2.39. The lowest BCUT2D eigenvalue weighted by atomic mass is 9.76. The summed E-state index contributed by atoms with van der Waals surface area (Å²) in [6.45, 7) is 0.977. The minimum absolute atomic E-state index is 0.0731. The molecule has 1 heterocycles.